The van der Waals surface area contributed by atoms with Crippen LogP contribution in [-0.4, -0.2) is 11.9 Å². The average molecular weight is 383 g/mol. The van der Waals surface area contributed by atoms with Crippen molar-refractivity contribution in [2.24, 2.45) is 5.92 Å². The van der Waals surface area contributed by atoms with E-state index in [1.165, 1.54) is 38.2 Å². The third kappa shape index (κ3) is 6.22. The Kier molecular flexibility index (Phi) is 8.24. The summed E-state index contributed by atoms with van der Waals surface area (Å²) in [7, 11) is 0. The van der Waals surface area contributed by atoms with Crippen molar-refractivity contribution in [2.45, 2.75) is 59.3 Å². The summed E-state index contributed by atoms with van der Waals surface area (Å²) >= 11 is 0. The SMILES string of the molecule is CC.CC(=O)Oc1ccc(C(=O)Oc2ccc(C3CCC(C)CC3)cc2)cc1. The first-order valence-electron chi connectivity index (χ1n) is 10.1. The number of hydrogen-bond donors (Lipinski definition) is 0. The molecule has 0 saturated heterocycles. The van der Waals surface area contributed by atoms with Crippen molar-refractivity contribution >= 4 is 11.9 Å². The first-order chi connectivity index (χ1) is 13.5. The lowest BCUT2D eigenvalue weighted by atomic mass is 9.79. The van der Waals surface area contributed by atoms with Crippen LogP contribution >= 0.6 is 0 Å². The summed E-state index contributed by atoms with van der Waals surface area (Å²) in [5, 5.41) is 0. The fourth-order valence-corrected chi connectivity index (χ4v) is 3.39. The predicted molar refractivity (Wildman–Crippen MR) is 111 cm³/mol. The van der Waals surface area contributed by atoms with Crippen LogP contribution in [-0.2, 0) is 4.79 Å². The molecule has 0 aliphatic heterocycles. The maximum atomic E-state index is 12.2. The van der Waals surface area contributed by atoms with E-state index in [9.17, 15) is 9.59 Å². The lowest BCUT2D eigenvalue weighted by Crippen LogP contribution is -2.11. The Labute approximate surface area is 167 Å². The van der Waals surface area contributed by atoms with Gasteiger partial charge in [-0.15, -0.1) is 0 Å². The number of ether oxygens (including phenoxy) is 2. The molecular weight excluding hydrogens is 352 g/mol. The highest BCUT2D eigenvalue weighted by molar-refractivity contribution is 5.91. The molecule has 1 aliphatic carbocycles. The Morgan fingerprint density at radius 3 is 1.82 bits per heavy atom. The van der Waals surface area contributed by atoms with Crippen LogP contribution in [0.2, 0.25) is 0 Å². The largest absolute Gasteiger partial charge is 0.427 e. The Bertz CT molecular complexity index is 754. The van der Waals surface area contributed by atoms with Crippen molar-refractivity contribution < 1.29 is 19.1 Å². The number of carbonyl (C=O) groups excluding carboxylic acids is 2. The van der Waals surface area contributed by atoms with Gasteiger partial charge >= 0.3 is 11.9 Å². The number of benzene rings is 2. The predicted octanol–water partition coefficient (Wildman–Crippen LogP) is 6.15. The molecule has 0 amide bonds. The van der Waals surface area contributed by atoms with E-state index in [2.05, 4.69) is 19.1 Å². The molecule has 1 saturated carbocycles. The van der Waals surface area contributed by atoms with Crippen LogP contribution in [0, 0.1) is 5.92 Å². The monoisotopic (exact) mass is 382 g/mol. The number of carbonyl (C=O) groups is 2. The summed E-state index contributed by atoms with van der Waals surface area (Å²) < 4.78 is 10.4. The van der Waals surface area contributed by atoms with E-state index < -0.39 is 11.9 Å². The number of esters is 2. The fraction of sp³-hybridized carbons (Fsp3) is 0.417. The van der Waals surface area contributed by atoms with Crippen LogP contribution in [0.3, 0.4) is 0 Å². The van der Waals surface area contributed by atoms with E-state index in [0.717, 1.165) is 5.92 Å². The summed E-state index contributed by atoms with van der Waals surface area (Å²) in [6.45, 7) is 7.65. The zero-order valence-electron chi connectivity index (χ0n) is 17.2. The van der Waals surface area contributed by atoms with Gasteiger partial charge in [-0.3, -0.25) is 4.79 Å². The molecule has 0 N–H and O–H groups in total. The molecule has 28 heavy (non-hydrogen) atoms. The van der Waals surface area contributed by atoms with Crippen molar-refractivity contribution in [3.05, 3.63) is 59.7 Å². The molecule has 2 aromatic rings. The van der Waals surface area contributed by atoms with E-state index >= 15 is 0 Å². The maximum Gasteiger partial charge on any atom is 0.343 e. The van der Waals surface area contributed by atoms with Gasteiger partial charge < -0.3 is 9.47 Å². The fourth-order valence-electron chi connectivity index (χ4n) is 3.39. The molecule has 0 aromatic heterocycles. The molecule has 0 unspecified atom stereocenters. The Morgan fingerprint density at radius 2 is 1.29 bits per heavy atom. The van der Waals surface area contributed by atoms with Crippen molar-refractivity contribution in [1.82, 2.24) is 0 Å². The first-order valence-corrected chi connectivity index (χ1v) is 10.1. The lowest BCUT2D eigenvalue weighted by molar-refractivity contribution is -0.131. The van der Waals surface area contributed by atoms with E-state index in [-0.39, 0.29) is 0 Å². The number of hydrogen-bond acceptors (Lipinski definition) is 4. The van der Waals surface area contributed by atoms with Crippen molar-refractivity contribution in [3.8, 4) is 11.5 Å². The van der Waals surface area contributed by atoms with Crippen molar-refractivity contribution in [1.29, 1.82) is 0 Å². The molecule has 0 heterocycles. The van der Waals surface area contributed by atoms with Gasteiger partial charge in [0, 0.05) is 6.92 Å². The van der Waals surface area contributed by atoms with Gasteiger partial charge in [-0.05, 0) is 66.6 Å². The van der Waals surface area contributed by atoms with Crippen molar-refractivity contribution in [2.75, 3.05) is 0 Å². The van der Waals surface area contributed by atoms with Crippen LogP contribution in [0.1, 0.15) is 75.2 Å². The maximum absolute atomic E-state index is 12.2. The van der Waals surface area contributed by atoms with Crippen LogP contribution < -0.4 is 9.47 Å². The van der Waals surface area contributed by atoms with E-state index in [0.29, 0.717) is 23.0 Å². The second kappa shape index (κ2) is 10.6. The van der Waals surface area contributed by atoms with Gasteiger partial charge in [0.1, 0.15) is 11.5 Å². The zero-order chi connectivity index (χ0) is 20.5. The van der Waals surface area contributed by atoms with E-state index in [4.69, 9.17) is 9.47 Å². The summed E-state index contributed by atoms with van der Waals surface area (Å²) in [4.78, 5) is 23.2. The summed E-state index contributed by atoms with van der Waals surface area (Å²) in [6.07, 6.45) is 5.03. The lowest BCUT2D eigenvalue weighted by Gasteiger charge is -2.26. The minimum atomic E-state index is -0.432. The van der Waals surface area contributed by atoms with Gasteiger partial charge in [0.2, 0.25) is 0 Å². The molecule has 0 bridgehead atoms. The second-order valence-corrected chi connectivity index (χ2v) is 7.03. The highest BCUT2D eigenvalue weighted by Crippen LogP contribution is 2.36. The molecule has 4 heteroatoms. The van der Waals surface area contributed by atoms with Gasteiger partial charge in [-0.1, -0.05) is 45.7 Å². The standard InChI is InChI=1S/C22H24O4.C2H6/c1-15-3-5-17(6-4-15)18-7-11-21(12-8-18)26-22(24)19-9-13-20(14-10-19)25-16(2)23;1-2/h7-15,17H,3-6H2,1-2H3;1-2H3. The van der Waals surface area contributed by atoms with Crippen LogP contribution in [0.4, 0.5) is 0 Å². The number of rotatable bonds is 4. The smallest absolute Gasteiger partial charge is 0.343 e. The molecule has 4 nitrogen and oxygen atoms in total. The molecule has 0 spiro atoms. The Balaban J connectivity index is 0.00000136. The van der Waals surface area contributed by atoms with E-state index in [1.807, 2.05) is 26.0 Å². The minimum Gasteiger partial charge on any atom is -0.427 e. The summed E-state index contributed by atoms with van der Waals surface area (Å²) in [6, 6.07) is 14.2. The van der Waals surface area contributed by atoms with Crippen LogP contribution in [0.25, 0.3) is 0 Å². The van der Waals surface area contributed by atoms with Crippen molar-refractivity contribution in [3.63, 3.8) is 0 Å². The highest BCUT2D eigenvalue weighted by Gasteiger charge is 2.19. The topological polar surface area (TPSA) is 52.6 Å². The summed E-state index contributed by atoms with van der Waals surface area (Å²) in [5.74, 6) is 1.56. The Morgan fingerprint density at radius 1 is 0.786 bits per heavy atom. The average Bonchev–Trinajstić information content (AvgIpc) is 2.71. The molecule has 2 aromatic carbocycles. The summed E-state index contributed by atoms with van der Waals surface area (Å²) in [5.41, 5.74) is 1.73. The molecule has 150 valence electrons. The molecule has 0 atom stereocenters. The molecule has 1 aliphatic rings. The molecule has 0 radical (unpaired) electrons. The quantitative estimate of drug-likeness (QED) is 0.470. The third-order valence-electron chi connectivity index (χ3n) is 4.93. The van der Waals surface area contributed by atoms with Gasteiger partial charge in [0.15, 0.2) is 0 Å². The first kappa shape index (κ1) is 21.7. The highest BCUT2D eigenvalue weighted by atomic mass is 16.5. The second-order valence-electron chi connectivity index (χ2n) is 7.03. The van der Waals surface area contributed by atoms with Crippen LogP contribution in [0.15, 0.2) is 48.5 Å². The van der Waals surface area contributed by atoms with Gasteiger partial charge in [0.05, 0.1) is 5.56 Å². The van der Waals surface area contributed by atoms with Gasteiger partial charge in [-0.2, -0.15) is 0 Å². The zero-order valence-corrected chi connectivity index (χ0v) is 17.2. The third-order valence-corrected chi connectivity index (χ3v) is 4.93. The minimum absolute atomic E-state index is 0.396. The Hall–Kier alpha value is -2.62. The van der Waals surface area contributed by atoms with Crippen LogP contribution in [0.5, 0.6) is 11.5 Å². The van der Waals surface area contributed by atoms with Gasteiger partial charge in [-0.25, -0.2) is 4.79 Å². The van der Waals surface area contributed by atoms with Gasteiger partial charge in [0.25, 0.3) is 0 Å². The molecule has 1 fully saturated rings. The normalized spacial score (nSPS) is 18.4. The molecular formula is C24H30O4. The van der Waals surface area contributed by atoms with E-state index in [1.54, 1.807) is 24.3 Å². The molecule has 3 rings (SSSR count).